The number of hydrogen-bond acceptors (Lipinski definition) is 0. The van der Waals surface area contributed by atoms with E-state index in [1.165, 1.54) is 41.5 Å². The van der Waals surface area contributed by atoms with E-state index in [0.717, 1.165) is 0 Å². The molecule has 0 spiro atoms. The molecule has 23 heavy (non-hydrogen) atoms. The summed E-state index contributed by atoms with van der Waals surface area (Å²) in [6.07, 6.45) is 6.31. The van der Waals surface area contributed by atoms with Crippen LogP contribution in [0.3, 0.4) is 0 Å². The van der Waals surface area contributed by atoms with E-state index in [4.69, 9.17) is 0 Å². The van der Waals surface area contributed by atoms with Crippen LogP contribution in [0.5, 0.6) is 0 Å². The third kappa shape index (κ3) is 2.10. The average molecular weight is 318 g/mol. The van der Waals surface area contributed by atoms with Gasteiger partial charge in [-0.3, -0.25) is 0 Å². The highest BCUT2D eigenvalue weighted by Gasteiger charge is 2.45. The van der Waals surface area contributed by atoms with Crippen LogP contribution in [0.1, 0.15) is 42.9 Å². The number of rotatable bonds is 4. The van der Waals surface area contributed by atoms with Crippen LogP contribution in [-0.4, -0.2) is 8.07 Å². The molecule has 2 aromatic rings. The van der Waals surface area contributed by atoms with Crippen molar-refractivity contribution >= 4 is 18.5 Å². The van der Waals surface area contributed by atoms with Crippen LogP contribution in [0.2, 0.25) is 13.1 Å². The van der Waals surface area contributed by atoms with Crippen molar-refractivity contribution in [2.24, 2.45) is 0 Å². The fourth-order valence-corrected chi connectivity index (χ4v) is 7.94. The summed E-state index contributed by atoms with van der Waals surface area (Å²) >= 11 is 0. The van der Waals surface area contributed by atoms with Crippen molar-refractivity contribution in [3.05, 3.63) is 65.1 Å². The maximum atomic E-state index is 2.54. The van der Waals surface area contributed by atoms with Crippen molar-refractivity contribution in [3.8, 4) is 11.1 Å². The second kappa shape index (κ2) is 5.21. The molecule has 0 nitrogen and oxygen atoms in total. The number of fused-ring (bicyclic) bond motifs is 1. The zero-order chi connectivity index (χ0) is 16.2. The molecule has 2 aliphatic rings. The van der Waals surface area contributed by atoms with Crippen molar-refractivity contribution in [1.29, 1.82) is 0 Å². The first-order valence-electron chi connectivity index (χ1n) is 8.87. The minimum atomic E-state index is -1.55. The zero-order valence-electron chi connectivity index (χ0n) is 14.7. The molecule has 0 amide bonds. The monoisotopic (exact) mass is 317 g/mol. The summed E-state index contributed by atoms with van der Waals surface area (Å²) < 4.78 is 0. The van der Waals surface area contributed by atoms with Crippen molar-refractivity contribution in [3.63, 3.8) is 0 Å². The first-order valence-corrected chi connectivity index (χ1v) is 11.9. The van der Waals surface area contributed by atoms with E-state index in [1.807, 2.05) is 0 Å². The summed E-state index contributed by atoms with van der Waals surface area (Å²) in [5, 5.41) is 3.37. The predicted octanol–water partition coefficient (Wildman–Crippen LogP) is 5.64. The standard InChI is InChI=1S/C22H25Si/c1-5-6-7-18-14-17-12-13-19-20(16-10-8-15(2)9-11-16)21(17)22(18)23(19,3)4/h8-14H,5-7H2,1-4H3. The molecule has 0 N–H and O–H groups in total. The molecule has 1 heteroatoms. The van der Waals surface area contributed by atoms with E-state index < -0.39 is 8.07 Å². The van der Waals surface area contributed by atoms with E-state index in [1.54, 1.807) is 21.5 Å². The normalized spacial score (nSPS) is 17.2. The van der Waals surface area contributed by atoms with E-state index in [0.29, 0.717) is 0 Å². The lowest BCUT2D eigenvalue weighted by Gasteiger charge is -2.22. The summed E-state index contributed by atoms with van der Waals surface area (Å²) in [4.78, 5) is 0. The van der Waals surface area contributed by atoms with Gasteiger partial charge in [0.1, 0.15) is 8.07 Å². The molecule has 117 valence electrons. The number of allylic oxidation sites excluding steroid dienone is 1. The van der Waals surface area contributed by atoms with Crippen LogP contribution in [0.25, 0.3) is 16.3 Å². The van der Waals surface area contributed by atoms with Crippen molar-refractivity contribution in [2.75, 3.05) is 0 Å². The fourth-order valence-electron chi connectivity index (χ4n) is 4.38. The van der Waals surface area contributed by atoms with E-state index in [-0.39, 0.29) is 0 Å². The Balaban J connectivity index is 1.93. The Kier molecular flexibility index (Phi) is 3.38. The minimum Gasteiger partial charge on any atom is -0.0654 e. The Labute approximate surface area is 141 Å². The van der Waals surface area contributed by atoms with Crippen LogP contribution in [-0.2, 0) is 0 Å². The van der Waals surface area contributed by atoms with Gasteiger partial charge >= 0.3 is 0 Å². The first-order chi connectivity index (χ1) is 11.0. The highest BCUT2D eigenvalue weighted by Crippen LogP contribution is 2.50. The summed E-state index contributed by atoms with van der Waals surface area (Å²) in [5.74, 6) is 0. The highest BCUT2D eigenvalue weighted by molar-refractivity contribution is 7.07. The molecular weight excluding hydrogens is 292 g/mol. The van der Waals surface area contributed by atoms with Crippen LogP contribution in [0.4, 0.5) is 0 Å². The van der Waals surface area contributed by atoms with Gasteiger partial charge in [-0.25, -0.2) is 0 Å². The SMILES string of the molecule is CCCCC1=C2c3c(ccc(c3-c3ccc(C)cc3)[Si]2(C)C)[CH]1. The van der Waals surface area contributed by atoms with Gasteiger partial charge < -0.3 is 0 Å². The lowest BCUT2D eigenvalue weighted by atomic mass is 9.96. The van der Waals surface area contributed by atoms with Gasteiger partial charge in [0, 0.05) is 6.42 Å². The highest BCUT2D eigenvalue weighted by atomic mass is 28.3. The second-order valence-corrected chi connectivity index (χ2v) is 11.9. The first kappa shape index (κ1) is 15.0. The predicted molar refractivity (Wildman–Crippen MR) is 104 cm³/mol. The Hall–Kier alpha value is -1.60. The Morgan fingerprint density at radius 3 is 2.35 bits per heavy atom. The van der Waals surface area contributed by atoms with Crippen LogP contribution in [0.15, 0.2) is 42.0 Å². The summed E-state index contributed by atoms with van der Waals surface area (Å²) in [7, 11) is -1.55. The number of unbranched alkanes of at least 4 members (excludes halogenated alkanes) is 1. The van der Waals surface area contributed by atoms with Crippen molar-refractivity contribution in [1.82, 2.24) is 0 Å². The van der Waals surface area contributed by atoms with E-state index in [2.05, 4.69) is 69.8 Å². The molecule has 1 radical (unpaired) electrons. The van der Waals surface area contributed by atoms with Crippen LogP contribution >= 0.6 is 0 Å². The lowest BCUT2D eigenvalue weighted by Crippen LogP contribution is -2.39. The Morgan fingerprint density at radius 1 is 0.913 bits per heavy atom. The average Bonchev–Trinajstić information content (AvgIpc) is 2.98. The van der Waals surface area contributed by atoms with Gasteiger partial charge in [-0.2, -0.15) is 0 Å². The topological polar surface area (TPSA) is 0 Å². The molecule has 1 heterocycles. The van der Waals surface area contributed by atoms with Gasteiger partial charge in [-0.15, -0.1) is 0 Å². The number of hydrogen-bond donors (Lipinski definition) is 0. The lowest BCUT2D eigenvalue weighted by molar-refractivity contribution is 0.796. The van der Waals surface area contributed by atoms with Gasteiger partial charge in [0.2, 0.25) is 0 Å². The number of aryl methyl sites for hydroxylation is 1. The maximum Gasteiger partial charge on any atom is 0.113 e. The molecule has 2 bridgehead atoms. The van der Waals surface area contributed by atoms with Gasteiger partial charge in [-0.1, -0.05) is 74.0 Å². The summed E-state index contributed by atoms with van der Waals surface area (Å²) in [6, 6.07) is 13.9. The number of benzene rings is 2. The minimum absolute atomic E-state index is 1.25. The Morgan fingerprint density at radius 2 is 1.65 bits per heavy atom. The molecule has 4 rings (SSSR count). The summed E-state index contributed by atoms with van der Waals surface area (Å²) in [5.41, 5.74) is 8.96. The molecule has 1 aliphatic heterocycles. The molecule has 2 aromatic carbocycles. The van der Waals surface area contributed by atoms with Gasteiger partial charge in [-0.05, 0) is 52.4 Å². The molecule has 0 fully saturated rings. The molecule has 0 unspecified atom stereocenters. The molecular formula is C22H25Si. The van der Waals surface area contributed by atoms with E-state index in [9.17, 15) is 0 Å². The quantitative estimate of drug-likeness (QED) is 0.640. The third-order valence-corrected chi connectivity index (χ3v) is 9.16. The van der Waals surface area contributed by atoms with Gasteiger partial charge in [0.25, 0.3) is 0 Å². The van der Waals surface area contributed by atoms with E-state index >= 15 is 0 Å². The fraction of sp³-hybridized carbons (Fsp3) is 0.318. The van der Waals surface area contributed by atoms with Gasteiger partial charge in [0.05, 0.1) is 0 Å². The van der Waals surface area contributed by atoms with Crippen LogP contribution < -0.4 is 5.19 Å². The smallest absolute Gasteiger partial charge is 0.0654 e. The van der Waals surface area contributed by atoms with Gasteiger partial charge in [0.15, 0.2) is 0 Å². The third-order valence-electron chi connectivity index (χ3n) is 5.58. The molecule has 0 atom stereocenters. The van der Waals surface area contributed by atoms with Crippen LogP contribution in [0, 0.1) is 13.3 Å². The second-order valence-electron chi connectivity index (χ2n) is 7.59. The Bertz CT molecular complexity index is 807. The molecule has 0 saturated heterocycles. The largest absolute Gasteiger partial charge is 0.113 e. The maximum absolute atomic E-state index is 2.54. The molecule has 0 aromatic heterocycles. The van der Waals surface area contributed by atoms with Crippen molar-refractivity contribution in [2.45, 2.75) is 46.2 Å². The zero-order valence-corrected chi connectivity index (χ0v) is 15.7. The summed E-state index contributed by atoms with van der Waals surface area (Å²) in [6.45, 7) is 9.54. The molecule has 1 aliphatic carbocycles. The molecule has 0 saturated carbocycles. The van der Waals surface area contributed by atoms with Crippen molar-refractivity contribution < 1.29 is 0 Å².